The Bertz CT molecular complexity index is 465. The molecule has 0 radical (unpaired) electrons. The third kappa shape index (κ3) is 2.21. The quantitative estimate of drug-likeness (QED) is 0.727. The van der Waals surface area contributed by atoms with Crippen LogP contribution in [0, 0.1) is 0 Å². The van der Waals surface area contributed by atoms with Crippen LogP contribution < -0.4 is 0 Å². The number of aromatic nitrogens is 4. The highest BCUT2D eigenvalue weighted by molar-refractivity contribution is 7.99. The standard InChI is InChI=1S/C9H8N4OS/c1-13-6-11-12-9(13)15-8-3-2-7(5-14)4-10-8/h2-6H,1H3. The maximum atomic E-state index is 10.4. The van der Waals surface area contributed by atoms with Gasteiger partial charge in [0.05, 0.1) is 0 Å². The average molecular weight is 220 g/mol. The van der Waals surface area contributed by atoms with Gasteiger partial charge in [0.1, 0.15) is 11.4 Å². The van der Waals surface area contributed by atoms with Crippen LogP contribution in [0.1, 0.15) is 10.4 Å². The van der Waals surface area contributed by atoms with E-state index in [1.54, 1.807) is 23.0 Å². The summed E-state index contributed by atoms with van der Waals surface area (Å²) in [5.74, 6) is 0. The first-order valence-electron chi connectivity index (χ1n) is 4.22. The molecule has 0 atom stereocenters. The van der Waals surface area contributed by atoms with Gasteiger partial charge in [-0.1, -0.05) is 0 Å². The van der Waals surface area contributed by atoms with Crippen molar-refractivity contribution in [3.8, 4) is 0 Å². The molecule has 2 rings (SSSR count). The lowest BCUT2D eigenvalue weighted by molar-refractivity contribution is 0.112. The number of hydrogen-bond acceptors (Lipinski definition) is 5. The number of carbonyl (C=O) groups is 1. The van der Waals surface area contributed by atoms with Crippen molar-refractivity contribution in [1.29, 1.82) is 0 Å². The average Bonchev–Trinajstić information content (AvgIpc) is 2.66. The van der Waals surface area contributed by atoms with Gasteiger partial charge < -0.3 is 4.57 Å². The molecule has 0 aliphatic heterocycles. The number of pyridine rings is 1. The van der Waals surface area contributed by atoms with E-state index in [9.17, 15) is 4.79 Å². The highest BCUT2D eigenvalue weighted by Crippen LogP contribution is 2.22. The van der Waals surface area contributed by atoms with Crippen molar-refractivity contribution in [1.82, 2.24) is 19.7 Å². The molecule has 0 amide bonds. The summed E-state index contributed by atoms with van der Waals surface area (Å²) in [5.41, 5.74) is 0.567. The van der Waals surface area contributed by atoms with Crippen molar-refractivity contribution >= 4 is 18.0 Å². The van der Waals surface area contributed by atoms with Crippen LogP contribution in [-0.4, -0.2) is 26.0 Å². The van der Waals surface area contributed by atoms with Gasteiger partial charge >= 0.3 is 0 Å². The molecule has 5 nitrogen and oxygen atoms in total. The number of nitrogens with zero attached hydrogens (tertiary/aromatic N) is 4. The van der Waals surface area contributed by atoms with E-state index >= 15 is 0 Å². The first-order valence-corrected chi connectivity index (χ1v) is 5.04. The molecular weight excluding hydrogens is 212 g/mol. The Balaban J connectivity index is 2.18. The number of hydrogen-bond donors (Lipinski definition) is 0. The Morgan fingerprint density at radius 3 is 2.87 bits per heavy atom. The molecule has 6 heteroatoms. The molecule has 0 spiro atoms. The van der Waals surface area contributed by atoms with Crippen molar-refractivity contribution in [2.75, 3.05) is 0 Å². The van der Waals surface area contributed by atoms with Crippen LogP contribution in [0.15, 0.2) is 34.8 Å². The van der Waals surface area contributed by atoms with Crippen LogP contribution in [0.4, 0.5) is 0 Å². The lowest BCUT2D eigenvalue weighted by Crippen LogP contribution is -1.90. The number of aryl methyl sites for hydroxylation is 1. The maximum Gasteiger partial charge on any atom is 0.197 e. The van der Waals surface area contributed by atoms with Crippen LogP contribution in [0.25, 0.3) is 0 Å². The van der Waals surface area contributed by atoms with Gasteiger partial charge in [0.25, 0.3) is 0 Å². The Morgan fingerprint density at radius 1 is 1.47 bits per heavy atom. The van der Waals surface area contributed by atoms with E-state index in [-0.39, 0.29) is 0 Å². The van der Waals surface area contributed by atoms with Gasteiger partial charge in [0, 0.05) is 18.8 Å². The molecule has 15 heavy (non-hydrogen) atoms. The predicted molar refractivity (Wildman–Crippen MR) is 54.8 cm³/mol. The number of aldehydes is 1. The first kappa shape index (κ1) is 9.85. The van der Waals surface area contributed by atoms with Gasteiger partial charge in [-0.05, 0) is 23.9 Å². The molecule has 0 aromatic carbocycles. The minimum atomic E-state index is 0.567. The van der Waals surface area contributed by atoms with E-state index in [1.807, 2.05) is 7.05 Å². The van der Waals surface area contributed by atoms with Crippen LogP contribution in [0.5, 0.6) is 0 Å². The SMILES string of the molecule is Cn1cnnc1Sc1ccc(C=O)cn1. The van der Waals surface area contributed by atoms with Gasteiger partial charge in [-0.2, -0.15) is 0 Å². The monoisotopic (exact) mass is 220 g/mol. The normalized spacial score (nSPS) is 10.2. The second-order valence-corrected chi connectivity index (χ2v) is 3.86. The van der Waals surface area contributed by atoms with E-state index in [0.717, 1.165) is 16.5 Å². The summed E-state index contributed by atoms with van der Waals surface area (Å²) in [5, 5.41) is 9.23. The van der Waals surface area contributed by atoms with E-state index in [0.29, 0.717) is 5.56 Å². The van der Waals surface area contributed by atoms with E-state index < -0.39 is 0 Å². The second kappa shape index (κ2) is 4.22. The molecule has 0 saturated heterocycles. The summed E-state index contributed by atoms with van der Waals surface area (Å²) >= 11 is 1.40. The molecule has 2 aromatic heterocycles. The van der Waals surface area contributed by atoms with Crippen molar-refractivity contribution in [3.05, 3.63) is 30.2 Å². The molecule has 0 unspecified atom stereocenters. The highest BCUT2D eigenvalue weighted by Gasteiger charge is 2.04. The van der Waals surface area contributed by atoms with Gasteiger partial charge in [0.15, 0.2) is 11.4 Å². The Hall–Kier alpha value is -1.69. The molecule has 0 fully saturated rings. The van der Waals surface area contributed by atoms with E-state index in [2.05, 4.69) is 15.2 Å². The Kier molecular flexibility index (Phi) is 2.77. The molecule has 2 heterocycles. The molecule has 0 N–H and O–H groups in total. The summed E-state index contributed by atoms with van der Waals surface area (Å²) in [6, 6.07) is 3.50. The fraction of sp³-hybridized carbons (Fsp3) is 0.111. The summed E-state index contributed by atoms with van der Waals surface area (Å²) in [7, 11) is 1.86. The molecule has 2 aromatic rings. The van der Waals surface area contributed by atoms with E-state index in [4.69, 9.17) is 0 Å². The largest absolute Gasteiger partial charge is 0.311 e. The van der Waals surface area contributed by atoms with Crippen LogP contribution in [0.3, 0.4) is 0 Å². The predicted octanol–water partition coefficient (Wildman–Crippen LogP) is 1.17. The fourth-order valence-corrected chi connectivity index (χ4v) is 1.69. The smallest absolute Gasteiger partial charge is 0.197 e. The summed E-state index contributed by atoms with van der Waals surface area (Å²) in [4.78, 5) is 14.5. The fourth-order valence-electron chi connectivity index (χ4n) is 0.980. The van der Waals surface area contributed by atoms with Crippen molar-refractivity contribution in [2.45, 2.75) is 10.2 Å². The summed E-state index contributed by atoms with van der Waals surface area (Å²) in [6.45, 7) is 0. The molecule has 0 bridgehead atoms. The maximum absolute atomic E-state index is 10.4. The lowest BCUT2D eigenvalue weighted by atomic mass is 10.3. The Morgan fingerprint density at radius 2 is 2.33 bits per heavy atom. The zero-order valence-electron chi connectivity index (χ0n) is 7.99. The zero-order chi connectivity index (χ0) is 10.7. The Labute approximate surface area is 90.5 Å². The van der Waals surface area contributed by atoms with Gasteiger partial charge in [-0.3, -0.25) is 4.79 Å². The third-order valence-corrected chi connectivity index (χ3v) is 2.76. The summed E-state index contributed by atoms with van der Waals surface area (Å²) in [6.07, 6.45) is 3.93. The minimum Gasteiger partial charge on any atom is -0.311 e. The third-order valence-electron chi connectivity index (χ3n) is 1.76. The van der Waals surface area contributed by atoms with Crippen molar-refractivity contribution < 1.29 is 4.79 Å². The molecule has 0 aliphatic carbocycles. The van der Waals surface area contributed by atoms with Gasteiger partial charge in [-0.15, -0.1) is 10.2 Å². The lowest BCUT2D eigenvalue weighted by Gasteiger charge is -1.99. The van der Waals surface area contributed by atoms with Crippen molar-refractivity contribution in [2.24, 2.45) is 7.05 Å². The van der Waals surface area contributed by atoms with Gasteiger partial charge in [0.2, 0.25) is 0 Å². The van der Waals surface area contributed by atoms with Gasteiger partial charge in [-0.25, -0.2) is 4.98 Å². The highest BCUT2D eigenvalue weighted by atomic mass is 32.2. The first-order chi connectivity index (χ1) is 7.29. The number of carbonyl (C=O) groups excluding carboxylic acids is 1. The summed E-state index contributed by atoms with van der Waals surface area (Å²) < 4.78 is 1.81. The van der Waals surface area contributed by atoms with Crippen LogP contribution >= 0.6 is 11.8 Å². The molecule has 76 valence electrons. The molecule has 0 saturated carbocycles. The topological polar surface area (TPSA) is 60.7 Å². The van der Waals surface area contributed by atoms with Crippen LogP contribution in [-0.2, 0) is 7.05 Å². The second-order valence-electron chi connectivity index (χ2n) is 2.87. The number of rotatable bonds is 3. The van der Waals surface area contributed by atoms with Crippen molar-refractivity contribution in [3.63, 3.8) is 0 Å². The molecular formula is C9H8N4OS. The van der Waals surface area contributed by atoms with Crippen LogP contribution in [0.2, 0.25) is 0 Å². The minimum absolute atomic E-state index is 0.567. The molecule has 0 aliphatic rings. The zero-order valence-corrected chi connectivity index (χ0v) is 8.81. The van der Waals surface area contributed by atoms with E-state index in [1.165, 1.54) is 18.0 Å².